The van der Waals surface area contributed by atoms with Gasteiger partial charge in [-0.2, -0.15) is 0 Å². The molecule has 7 nitrogen and oxygen atoms in total. The average molecular weight is 494 g/mol. The van der Waals surface area contributed by atoms with Gasteiger partial charge in [-0.3, -0.25) is 13.9 Å². The molecule has 1 N–H and O–H groups in total. The molecule has 33 heavy (non-hydrogen) atoms. The van der Waals surface area contributed by atoms with Gasteiger partial charge in [0.1, 0.15) is 6.04 Å². The van der Waals surface area contributed by atoms with E-state index in [2.05, 4.69) is 5.32 Å². The molecular weight excluding hydrogens is 462 g/mol. The molecule has 0 aromatic heterocycles. The number of sulfonamides is 1. The fraction of sp³-hybridized carbons (Fsp3) is 0.417. The van der Waals surface area contributed by atoms with Crippen LogP contribution in [0.5, 0.6) is 0 Å². The minimum absolute atomic E-state index is 0.0931. The summed E-state index contributed by atoms with van der Waals surface area (Å²) in [4.78, 5) is 27.2. The summed E-state index contributed by atoms with van der Waals surface area (Å²) in [6, 6.07) is 13.7. The number of anilines is 1. The zero-order chi connectivity index (χ0) is 24.6. The molecule has 1 atom stereocenters. The van der Waals surface area contributed by atoms with Gasteiger partial charge < -0.3 is 10.2 Å². The van der Waals surface area contributed by atoms with E-state index in [1.807, 2.05) is 38.1 Å². The van der Waals surface area contributed by atoms with E-state index in [1.54, 1.807) is 24.3 Å². The molecule has 0 fully saturated rings. The molecular formula is C24H32ClN3O4S. The minimum atomic E-state index is -3.51. The van der Waals surface area contributed by atoms with Crippen molar-refractivity contribution in [3.05, 3.63) is 64.7 Å². The van der Waals surface area contributed by atoms with Crippen molar-refractivity contribution in [2.45, 2.75) is 45.7 Å². The summed E-state index contributed by atoms with van der Waals surface area (Å²) in [5.41, 5.74) is 2.32. The predicted octanol–water partition coefficient (Wildman–Crippen LogP) is 3.75. The monoisotopic (exact) mass is 493 g/mol. The van der Waals surface area contributed by atoms with Crippen LogP contribution in [0, 0.1) is 6.92 Å². The first kappa shape index (κ1) is 26.7. The van der Waals surface area contributed by atoms with Crippen molar-refractivity contribution in [1.82, 2.24) is 10.2 Å². The Labute approximate surface area is 201 Å². The number of nitrogens with one attached hydrogen (secondary N) is 1. The molecule has 0 saturated carbocycles. The first-order chi connectivity index (χ1) is 15.6. The lowest BCUT2D eigenvalue weighted by Crippen LogP contribution is -2.48. The van der Waals surface area contributed by atoms with E-state index < -0.39 is 16.1 Å². The van der Waals surface area contributed by atoms with Crippen molar-refractivity contribution in [2.24, 2.45) is 0 Å². The third kappa shape index (κ3) is 7.47. The van der Waals surface area contributed by atoms with Crippen LogP contribution in [0.3, 0.4) is 0 Å². The smallest absolute Gasteiger partial charge is 0.242 e. The highest BCUT2D eigenvalue weighted by molar-refractivity contribution is 7.92. The third-order valence-electron chi connectivity index (χ3n) is 5.40. The number of halogens is 1. The van der Waals surface area contributed by atoms with Gasteiger partial charge in [0.05, 0.1) is 11.9 Å². The van der Waals surface area contributed by atoms with Gasteiger partial charge in [0, 0.05) is 31.6 Å². The van der Waals surface area contributed by atoms with Crippen molar-refractivity contribution in [3.63, 3.8) is 0 Å². The lowest BCUT2D eigenvalue weighted by molar-refractivity contribution is -0.141. The van der Waals surface area contributed by atoms with Crippen LogP contribution < -0.4 is 9.62 Å². The van der Waals surface area contributed by atoms with Gasteiger partial charge in [-0.25, -0.2) is 8.42 Å². The molecule has 0 aliphatic carbocycles. The minimum Gasteiger partial charge on any atom is -0.357 e. The number of hydrogen-bond acceptors (Lipinski definition) is 4. The van der Waals surface area contributed by atoms with Gasteiger partial charge in [0.15, 0.2) is 0 Å². The molecule has 2 aromatic carbocycles. The zero-order valence-electron chi connectivity index (χ0n) is 19.5. The van der Waals surface area contributed by atoms with Crippen molar-refractivity contribution in [1.29, 1.82) is 0 Å². The predicted molar refractivity (Wildman–Crippen MR) is 133 cm³/mol. The summed E-state index contributed by atoms with van der Waals surface area (Å²) in [5.74, 6) is -0.488. The highest BCUT2D eigenvalue weighted by Gasteiger charge is 2.28. The third-order valence-corrected chi connectivity index (χ3v) is 6.97. The Bertz CT molecular complexity index is 1060. The van der Waals surface area contributed by atoms with Crippen LogP contribution in [-0.4, -0.2) is 51.0 Å². The molecule has 0 unspecified atom stereocenters. The molecule has 0 heterocycles. The molecule has 0 bridgehead atoms. The first-order valence-corrected chi connectivity index (χ1v) is 13.1. The van der Waals surface area contributed by atoms with E-state index in [1.165, 1.54) is 16.3 Å². The number of benzene rings is 2. The normalized spacial score (nSPS) is 12.2. The van der Waals surface area contributed by atoms with Gasteiger partial charge in [0.2, 0.25) is 21.8 Å². The van der Waals surface area contributed by atoms with Crippen molar-refractivity contribution in [3.8, 4) is 0 Å². The number of nitrogens with zero attached hydrogens (tertiary/aromatic N) is 2. The maximum atomic E-state index is 13.2. The molecule has 2 amide bonds. The standard InChI is InChI=1S/C24H32ClN3O4S/c1-5-22(24(30)26-3)27(17-19-9-6-7-10-21(19)25)23(29)11-8-16-28(33(4,31)32)20-14-12-18(2)13-15-20/h6-7,9-10,12-15,22H,5,8,11,16-17H2,1-4H3,(H,26,30)/t22-/m1/s1. The fourth-order valence-corrected chi connectivity index (χ4v) is 4.77. The number of rotatable bonds is 11. The molecule has 0 aliphatic rings. The number of likely N-dealkylation sites (N-methyl/N-ethyl adjacent to an activating group) is 1. The fourth-order valence-electron chi connectivity index (χ4n) is 3.61. The lowest BCUT2D eigenvalue weighted by atomic mass is 10.1. The van der Waals surface area contributed by atoms with Crippen LogP contribution in [-0.2, 0) is 26.2 Å². The second-order valence-electron chi connectivity index (χ2n) is 7.93. The van der Waals surface area contributed by atoms with Crippen LogP contribution >= 0.6 is 11.6 Å². The van der Waals surface area contributed by atoms with E-state index in [0.717, 1.165) is 17.4 Å². The molecule has 180 valence electrons. The van der Waals surface area contributed by atoms with Gasteiger partial charge >= 0.3 is 0 Å². The second-order valence-corrected chi connectivity index (χ2v) is 10.2. The van der Waals surface area contributed by atoms with Crippen LogP contribution in [0.25, 0.3) is 0 Å². The molecule has 0 saturated heterocycles. The molecule has 0 spiro atoms. The summed E-state index contributed by atoms with van der Waals surface area (Å²) in [6.45, 7) is 4.12. The molecule has 2 aromatic rings. The van der Waals surface area contributed by atoms with Crippen LogP contribution in [0.4, 0.5) is 5.69 Å². The number of hydrogen-bond donors (Lipinski definition) is 1. The van der Waals surface area contributed by atoms with Crippen LogP contribution in [0.2, 0.25) is 5.02 Å². The second kappa shape index (κ2) is 12.0. The van der Waals surface area contributed by atoms with Gasteiger partial charge in [-0.15, -0.1) is 0 Å². The van der Waals surface area contributed by atoms with Crippen LogP contribution in [0.15, 0.2) is 48.5 Å². The Kier molecular flexibility index (Phi) is 9.73. The quantitative estimate of drug-likeness (QED) is 0.516. The number of amides is 2. The largest absolute Gasteiger partial charge is 0.357 e. The summed E-state index contributed by atoms with van der Waals surface area (Å²) in [7, 11) is -1.98. The zero-order valence-corrected chi connectivity index (χ0v) is 21.1. The number of carbonyl (C=O) groups is 2. The highest BCUT2D eigenvalue weighted by Crippen LogP contribution is 2.22. The molecule has 0 radical (unpaired) electrons. The van der Waals surface area contributed by atoms with Crippen molar-refractivity contribution in [2.75, 3.05) is 24.2 Å². The van der Waals surface area contributed by atoms with Gasteiger partial charge in [-0.05, 0) is 43.5 Å². The van der Waals surface area contributed by atoms with Crippen molar-refractivity contribution < 1.29 is 18.0 Å². The highest BCUT2D eigenvalue weighted by atomic mass is 35.5. The van der Waals surface area contributed by atoms with Gasteiger partial charge in [-0.1, -0.05) is 54.4 Å². The Morgan fingerprint density at radius 3 is 2.27 bits per heavy atom. The van der Waals surface area contributed by atoms with E-state index in [9.17, 15) is 18.0 Å². The Balaban J connectivity index is 2.19. The first-order valence-electron chi connectivity index (χ1n) is 10.9. The summed E-state index contributed by atoms with van der Waals surface area (Å²) in [5, 5.41) is 3.14. The summed E-state index contributed by atoms with van der Waals surface area (Å²) in [6.07, 6.45) is 1.99. The van der Waals surface area contributed by atoms with Crippen molar-refractivity contribution >= 4 is 39.1 Å². The van der Waals surface area contributed by atoms with E-state index in [0.29, 0.717) is 23.6 Å². The van der Waals surface area contributed by atoms with Crippen LogP contribution in [0.1, 0.15) is 37.3 Å². The summed E-state index contributed by atoms with van der Waals surface area (Å²) >= 11 is 6.30. The number of aryl methyl sites for hydroxylation is 1. The lowest BCUT2D eigenvalue weighted by Gasteiger charge is -2.31. The molecule has 9 heteroatoms. The SMILES string of the molecule is CC[C@H](C(=O)NC)N(Cc1ccccc1Cl)C(=O)CCCN(c1ccc(C)cc1)S(C)(=O)=O. The Morgan fingerprint density at radius 2 is 1.73 bits per heavy atom. The van der Waals surface area contributed by atoms with E-state index >= 15 is 0 Å². The maximum Gasteiger partial charge on any atom is 0.242 e. The van der Waals surface area contributed by atoms with E-state index in [4.69, 9.17) is 11.6 Å². The van der Waals surface area contributed by atoms with Gasteiger partial charge in [0.25, 0.3) is 0 Å². The van der Waals surface area contributed by atoms with E-state index in [-0.39, 0.29) is 31.3 Å². The maximum absolute atomic E-state index is 13.2. The molecule has 0 aliphatic heterocycles. The topological polar surface area (TPSA) is 86.8 Å². The number of carbonyl (C=O) groups excluding carboxylic acids is 2. The molecule has 2 rings (SSSR count). The Hall–Kier alpha value is -2.58. The Morgan fingerprint density at radius 1 is 1.09 bits per heavy atom. The average Bonchev–Trinajstić information content (AvgIpc) is 2.77. The summed E-state index contributed by atoms with van der Waals surface area (Å²) < 4.78 is 26.0.